The highest BCUT2D eigenvalue weighted by atomic mass is 32.3. The van der Waals surface area contributed by atoms with Gasteiger partial charge < -0.3 is 0 Å². The standard InChI is InChI=1S/C6H10N2.C4F9O6S3/c1-3-8-5-4-7-6(8)2;5-2(6,7)20(14,15)1(21(16,17)3(8,9)10)22(18,19)4(11,12)13/h4-5H,3H2,1-2H3;/q;-1/p+1. The van der Waals surface area contributed by atoms with Crippen LogP contribution in [0.5, 0.6) is 0 Å². The molecule has 0 spiro atoms. The third kappa shape index (κ3) is 5.56. The maximum atomic E-state index is 12.0. The van der Waals surface area contributed by atoms with Crippen molar-refractivity contribution in [1.82, 2.24) is 4.98 Å². The molecule has 1 aromatic heterocycles. The van der Waals surface area contributed by atoms with Crippen molar-refractivity contribution >= 4 is 29.5 Å². The van der Waals surface area contributed by atoms with E-state index in [-0.39, 0.29) is 0 Å². The second-order valence-electron chi connectivity index (χ2n) is 4.93. The van der Waals surface area contributed by atoms with E-state index in [1.54, 1.807) is 0 Å². The molecule has 1 N–H and O–H groups in total. The third-order valence-electron chi connectivity index (χ3n) is 2.89. The smallest absolute Gasteiger partial charge is 0.251 e. The van der Waals surface area contributed by atoms with Gasteiger partial charge in [-0.1, -0.05) is 0 Å². The van der Waals surface area contributed by atoms with Crippen LogP contribution in [0.4, 0.5) is 39.5 Å². The molecule has 1 heterocycles. The topological polar surface area (TPSA) is 122 Å². The molecule has 0 saturated heterocycles. The Morgan fingerprint density at radius 2 is 1.10 bits per heavy atom. The van der Waals surface area contributed by atoms with Crippen LogP contribution in [-0.4, -0.2) is 46.8 Å². The molecule has 0 atom stereocenters. The lowest BCUT2D eigenvalue weighted by Gasteiger charge is -2.31. The van der Waals surface area contributed by atoms with E-state index in [1.807, 2.05) is 12.4 Å². The number of H-pyrrole nitrogens is 1. The van der Waals surface area contributed by atoms with Crippen molar-refractivity contribution < 1.29 is 69.3 Å². The van der Waals surface area contributed by atoms with Gasteiger partial charge in [-0.2, -0.15) is 39.5 Å². The Morgan fingerprint density at radius 1 is 0.800 bits per heavy atom. The van der Waals surface area contributed by atoms with E-state index in [9.17, 15) is 64.8 Å². The zero-order valence-corrected chi connectivity index (χ0v) is 16.8. The van der Waals surface area contributed by atoms with Crippen LogP contribution in [-0.2, 0) is 36.1 Å². The van der Waals surface area contributed by atoms with Gasteiger partial charge in [0.2, 0.25) is 0 Å². The molecule has 0 saturated carbocycles. The SMILES string of the molecule is CC[n+]1cc[nH]c1C.O=S(=O)([C-](S(=O)(=O)C(F)(F)F)S(=O)(=O)C(F)(F)F)C(F)(F)F. The van der Waals surface area contributed by atoms with Crippen LogP contribution in [0, 0.1) is 10.8 Å². The van der Waals surface area contributed by atoms with Gasteiger partial charge in [0.25, 0.3) is 5.82 Å². The number of aryl methyl sites for hydroxylation is 2. The summed E-state index contributed by atoms with van der Waals surface area (Å²) >= 11 is 0. The predicted molar refractivity (Wildman–Crippen MR) is 79.6 cm³/mol. The number of nitrogens with zero attached hydrogens (tertiary/aromatic N) is 1. The first-order valence-electron chi connectivity index (χ1n) is 6.80. The summed E-state index contributed by atoms with van der Waals surface area (Å²) in [5.74, 6) is 1.22. The van der Waals surface area contributed by atoms with Gasteiger partial charge in [-0.15, -0.1) is 0 Å². The molecular formula is C10H11F9N2O6S3. The second kappa shape index (κ2) is 8.52. The molecule has 0 aliphatic heterocycles. The lowest BCUT2D eigenvalue weighted by molar-refractivity contribution is -0.698. The third-order valence-corrected chi connectivity index (χ3v) is 9.98. The van der Waals surface area contributed by atoms with Crippen molar-refractivity contribution in [3.63, 3.8) is 0 Å². The summed E-state index contributed by atoms with van der Waals surface area (Å²) in [5, 5.41) is 0. The highest BCUT2D eigenvalue weighted by molar-refractivity contribution is 8.29. The first-order chi connectivity index (χ1) is 13.0. The number of halogens is 9. The molecule has 0 bridgehead atoms. The monoisotopic (exact) mass is 522 g/mol. The van der Waals surface area contributed by atoms with Crippen LogP contribution in [0.15, 0.2) is 12.4 Å². The zero-order chi connectivity index (χ0) is 24.6. The Kier molecular flexibility index (Phi) is 8.07. The molecule has 20 heteroatoms. The van der Waals surface area contributed by atoms with Crippen molar-refractivity contribution in [2.24, 2.45) is 0 Å². The fourth-order valence-corrected chi connectivity index (χ4v) is 7.24. The van der Waals surface area contributed by atoms with Gasteiger partial charge in [-0.3, -0.25) is 25.3 Å². The van der Waals surface area contributed by atoms with Crippen molar-refractivity contribution in [3.8, 4) is 0 Å². The highest BCUT2D eigenvalue weighted by Crippen LogP contribution is 2.47. The summed E-state index contributed by atoms with van der Waals surface area (Å²) in [5.41, 5.74) is -21.2. The normalized spacial score (nSPS) is 14.4. The molecule has 0 unspecified atom stereocenters. The van der Waals surface area contributed by atoms with E-state index in [0.717, 1.165) is 6.54 Å². The Morgan fingerprint density at radius 3 is 1.23 bits per heavy atom. The number of hydrogen-bond acceptors (Lipinski definition) is 6. The molecule has 0 aliphatic rings. The lowest BCUT2D eigenvalue weighted by atomic mass is 10.6. The first-order valence-corrected chi connectivity index (χ1v) is 11.3. The molecule has 1 aromatic rings. The van der Waals surface area contributed by atoms with Crippen molar-refractivity contribution in [3.05, 3.63) is 22.1 Å². The summed E-state index contributed by atoms with van der Waals surface area (Å²) in [4.78, 5) is 3.08. The molecule has 8 nitrogen and oxygen atoms in total. The molecular weight excluding hydrogens is 511 g/mol. The largest absolute Gasteiger partial charge is 0.470 e. The maximum absolute atomic E-state index is 12.0. The number of aromatic amines is 1. The van der Waals surface area contributed by atoms with E-state index >= 15 is 0 Å². The van der Waals surface area contributed by atoms with Gasteiger partial charge in [0.05, 0.1) is 10.5 Å². The van der Waals surface area contributed by atoms with Gasteiger partial charge in [0.1, 0.15) is 12.4 Å². The molecule has 1 rings (SSSR count). The molecule has 178 valence electrons. The summed E-state index contributed by atoms with van der Waals surface area (Å²) < 4.78 is 170. The number of sulfone groups is 3. The van der Waals surface area contributed by atoms with Crippen molar-refractivity contribution in [1.29, 1.82) is 0 Å². The lowest BCUT2D eigenvalue weighted by Crippen LogP contribution is -2.47. The molecule has 0 aliphatic carbocycles. The molecule has 0 radical (unpaired) electrons. The minimum absolute atomic E-state index is 1.05. The quantitative estimate of drug-likeness (QED) is 0.366. The second-order valence-corrected chi connectivity index (χ2v) is 11.3. The van der Waals surface area contributed by atoms with E-state index in [0.29, 0.717) is 0 Å². The number of hydrogen-bond donors (Lipinski definition) is 1. The van der Waals surface area contributed by atoms with E-state index in [1.165, 1.54) is 5.82 Å². The summed E-state index contributed by atoms with van der Waals surface area (Å²) in [6.45, 7) is 5.24. The van der Waals surface area contributed by atoms with Gasteiger partial charge in [0.15, 0.2) is 29.5 Å². The Balaban J connectivity index is 0.000000867. The molecule has 0 amide bonds. The number of aromatic nitrogens is 2. The molecule has 30 heavy (non-hydrogen) atoms. The first kappa shape index (κ1) is 28.4. The van der Waals surface area contributed by atoms with Crippen LogP contribution in [0.25, 0.3) is 0 Å². The average Bonchev–Trinajstić information content (AvgIpc) is 2.88. The molecule has 0 aromatic carbocycles. The summed E-state index contributed by atoms with van der Waals surface area (Å²) in [7, 11) is -24.1. The van der Waals surface area contributed by atoms with Crippen LogP contribution in [0.2, 0.25) is 0 Å². The van der Waals surface area contributed by atoms with Gasteiger partial charge in [-0.25, -0.2) is 9.55 Å². The minimum atomic E-state index is -8.02. The summed E-state index contributed by atoms with van der Waals surface area (Å²) in [6.07, 6.45) is 3.98. The number of alkyl halides is 9. The van der Waals surface area contributed by atoms with Gasteiger partial charge in [0, 0.05) is 6.92 Å². The minimum Gasteiger partial charge on any atom is -0.251 e. The van der Waals surface area contributed by atoms with Crippen LogP contribution >= 0.6 is 0 Å². The van der Waals surface area contributed by atoms with Crippen molar-refractivity contribution in [2.45, 2.75) is 36.9 Å². The van der Waals surface area contributed by atoms with E-state index < -0.39 is 50.0 Å². The average molecular weight is 522 g/mol. The van der Waals surface area contributed by atoms with Crippen LogP contribution in [0.3, 0.4) is 0 Å². The van der Waals surface area contributed by atoms with Crippen LogP contribution in [0.1, 0.15) is 12.7 Å². The highest BCUT2D eigenvalue weighted by Gasteiger charge is 2.63. The van der Waals surface area contributed by atoms with E-state index in [2.05, 4.69) is 23.4 Å². The molecule has 0 fully saturated rings. The Hall–Kier alpha value is -1.57. The zero-order valence-electron chi connectivity index (χ0n) is 14.4. The number of nitrogens with one attached hydrogen (secondary N) is 1. The Labute approximate surface area is 163 Å². The Bertz CT molecular complexity index is 945. The predicted octanol–water partition coefficient (Wildman–Crippen LogP) is 1.87. The van der Waals surface area contributed by atoms with E-state index in [4.69, 9.17) is 0 Å². The van der Waals surface area contributed by atoms with Crippen LogP contribution < -0.4 is 4.57 Å². The number of imidazole rings is 1. The maximum Gasteiger partial charge on any atom is 0.470 e. The van der Waals surface area contributed by atoms with Gasteiger partial charge >= 0.3 is 16.5 Å². The van der Waals surface area contributed by atoms with Crippen molar-refractivity contribution in [2.75, 3.05) is 0 Å². The summed E-state index contributed by atoms with van der Waals surface area (Å²) in [6, 6.07) is 0. The fourth-order valence-electron chi connectivity index (χ4n) is 1.50. The number of rotatable bonds is 4. The fraction of sp³-hybridized carbons (Fsp3) is 0.600. The van der Waals surface area contributed by atoms with Gasteiger partial charge in [-0.05, 0) is 6.92 Å².